The molecule has 0 aliphatic carbocycles. The van der Waals surface area contributed by atoms with E-state index in [-0.39, 0.29) is 5.56 Å². The molecule has 1 heterocycles. The molecule has 0 saturated carbocycles. The van der Waals surface area contributed by atoms with Crippen LogP contribution in [-0.2, 0) is 0 Å². The number of aromatic amines is 1. The van der Waals surface area contributed by atoms with E-state index in [4.69, 9.17) is 5.11 Å². The number of aryl methyl sites for hydroxylation is 1. The SMILES string of the molecule is Cc1nc2cc(C(=O)O)c(F)cc2[nH]1. The number of nitrogens with one attached hydrogen (secondary N) is 1. The van der Waals surface area contributed by atoms with Crippen LogP contribution < -0.4 is 0 Å². The summed E-state index contributed by atoms with van der Waals surface area (Å²) < 4.78 is 13.2. The zero-order chi connectivity index (χ0) is 10.3. The highest BCUT2D eigenvalue weighted by Gasteiger charge is 2.12. The maximum atomic E-state index is 13.2. The molecule has 0 aliphatic heterocycles. The van der Waals surface area contributed by atoms with Gasteiger partial charge in [-0.1, -0.05) is 0 Å². The number of rotatable bonds is 1. The molecule has 0 aliphatic rings. The average Bonchev–Trinajstić information content (AvgIpc) is 2.42. The highest BCUT2D eigenvalue weighted by Crippen LogP contribution is 2.17. The van der Waals surface area contributed by atoms with Crippen molar-refractivity contribution in [1.82, 2.24) is 9.97 Å². The van der Waals surface area contributed by atoms with Gasteiger partial charge < -0.3 is 10.1 Å². The lowest BCUT2D eigenvalue weighted by molar-refractivity contribution is 0.0692. The van der Waals surface area contributed by atoms with Crippen molar-refractivity contribution >= 4 is 17.0 Å². The summed E-state index contributed by atoms with van der Waals surface area (Å²) >= 11 is 0. The van der Waals surface area contributed by atoms with E-state index in [1.165, 1.54) is 6.07 Å². The summed E-state index contributed by atoms with van der Waals surface area (Å²) in [5.74, 6) is -1.42. The molecule has 0 saturated heterocycles. The van der Waals surface area contributed by atoms with Gasteiger partial charge in [0.1, 0.15) is 11.6 Å². The molecular formula is C9H7FN2O2. The predicted molar refractivity (Wildman–Crippen MR) is 47.7 cm³/mol. The van der Waals surface area contributed by atoms with E-state index >= 15 is 0 Å². The Morgan fingerprint density at radius 2 is 2.29 bits per heavy atom. The van der Waals surface area contributed by atoms with Crippen molar-refractivity contribution in [3.05, 3.63) is 29.3 Å². The van der Waals surface area contributed by atoms with E-state index in [0.29, 0.717) is 16.9 Å². The van der Waals surface area contributed by atoms with Crippen LogP contribution >= 0.6 is 0 Å². The molecule has 0 fully saturated rings. The second-order valence-corrected chi connectivity index (χ2v) is 2.98. The summed E-state index contributed by atoms with van der Waals surface area (Å²) in [6, 6.07) is 2.36. The van der Waals surface area contributed by atoms with Gasteiger partial charge in [0.05, 0.1) is 16.6 Å². The van der Waals surface area contributed by atoms with E-state index in [9.17, 15) is 9.18 Å². The van der Waals surface area contributed by atoms with Gasteiger partial charge in [0.2, 0.25) is 0 Å². The standard InChI is InChI=1S/C9H7FN2O2/c1-4-11-7-2-5(9(13)14)6(10)3-8(7)12-4/h2-3H,1H3,(H,11,12)(H,13,14). The fourth-order valence-electron chi connectivity index (χ4n) is 1.32. The van der Waals surface area contributed by atoms with Crippen molar-refractivity contribution in [3.63, 3.8) is 0 Å². The van der Waals surface area contributed by atoms with Gasteiger partial charge >= 0.3 is 5.97 Å². The minimum atomic E-state index is -1.29. The lowest BCUT2D eigenvalue weighted by atomic mass is 10.2. The predicted octanol–water partition coefficient (Wildman–Crippen LogP) is 1.71. The molecule has 0 spiro atoms. The molecule has 72 valence electrons. The maximum absolute atomic E-state index is 13.2. The highest BCUT2D eigenvalue weighted by molar-refractivity contribution is 5.92. The largest absolute Gasteiger partial charge is 0.478 e. The van der Waals surface area contributed by atoms with Crippen LogP contribution in [0.5, 0.6) is 0 Å². The monoisotopic (exact) mass is 194 g/mol. The van der Waals surface area contributed by atoms with Crippen molar-refractivity contribution in [3.8, 4) is 0 Å². The number of carbonyl (C=O) groups is 1. The third-order valence-electron chi connectivity index (χ3n) is 1.92. The van der Waals surface area contributed by atoms with Crippen LogP contribution in [0.3, 0.4) is 0 Å². The molecule has 1 aromatic carbocycles. The molecule has 0 bridgehead atoms. The van der Waals surface area contributed by atoms with Crippen LogP contribution in [0.15, 0.2) is 12.1 Å². The first-order chi connectivity index (χ1) is 6.58. The Hall–Kier alpha value is -1.91. The minimum absolute atomic E-state index is 0.357. The number of aromatic nitrogens is 2. The van der Waals surface area contributed by atoms with Crippen LogP contribution in [0.4, 0.5) is 4.39 Å². The number of aromatic carboxylic acids is 1. The number of fused-ring (bicyclic) bond motifs is 1. The third-order valence-corrected chi connectivity index (χ3v) is 1.92. The van der Waals surface area contributed by atoms with Crippen molar-refractivity contribution in [2.45, 2.75) is 6.92 Å². The number of carboxylic acids is 1. The van der Waals surface area contributed by atoms with Crippen LogP contribution in [0.1, 0.15) is 16.2 Å². The highest BCUT2D eigenvalue weighted by atomic mass is 19.1. The number of nitrogens with zero attached hydrogens (tertiary/aromatic N) is 1. The Bertz CT molecular complexity index is 519. The molecule has 2 N–H and O–H groups in total. The second-order valence-electron chi connectivity index (χ2n) is 2.98. The molecule has 14 heavy (non-hydrogen) atoms. The lowest BCUT2D eigenvalue weighted by Gasteiger charge is -1.95. The molecule has 0 radical (unpaired) electrons. The van der Waals surface area contributed by atoms with Gasteiger partial charge in [-0.15, -0.1) is 0 Å². The normalized spacial score (nSPS) is 10.7. The van der Waals surface area contributed by atoms with E-state index in [2.05, 4.69) is 9.97 Å². The summed E-state index contributed by atoms with van der Waals surface area (Å²) in [5, 5.41) is 8.65. The van der Waals surface area contributed by atoms with E-state index < -0.39 is 11.8 Å². The Balaban J connectivity index is 2.76. The van der Waals surface area contributed by atoms with Gasteiger partial charge in [-0.25, -0.2) is 14.2 Å². The quantitative estimate of drug-likeness (QED) is 0.726. The summed E-state index contributed by atoms with van der Waals surface area (Å²) in [6.07, 6.45) is 0. The Labute approximate surface area is 78.4 Å². The van der Waals surface area contributed by atoms with Crippen molar-refractivity contribution < 1.29 is 14.3 Å². The molecule has 1 aromatic heterocycles. The van der Waals surface area contributed by atoms with Gasteiger partial charge in [0.15, 0.2) is 0 Å². The molecule has 0 atom stereocenters. The van der Waals surface area contributed by atoms with Crippen molar-refractivity contribution in [1.29, 1.82) is 0 Å². The topological polar surface area (TPSA) is 66.0 Å². The number of hydrogen-bond donors (Lipinski definition) is 2. The molecule has 2 aromatic rings. The van der Waals surface area contributed by atoms with E-state index in [1.54, 1.807) is 6.92 Å². The molecule has 5 heteroatoms. The number of halogens is 1. The van der Waals surface area contributed by atoms with Gasteiger partial charge in [0, 0.05) is 6.07 Å². The summed E-state index contributed by atoms with van der Waals surface area (Å²) in [6.45, 7) is 1.72. The number of H-pyrrole nitrogens is 1. The van der Waals surface area contributed by atoms with Gasteiger partial charge in [-0.05, 0) is 13.0 Å². The molecule has 2 rings (SSSR count). The zero-order valence-corrected chi connectivity index (χ0v) is 7.34. The van der Waals surface area contributed by atoms with Crippen molar-refractivity contribution in [2.24, 2.45) is 0 Å². The Morgan fingerprint density at radius 3 is 2.93 bits per heavy atom. The zero-order valence-electron chi connectivity index (χ0n) is 7.34. The molecule has 0 unspecified atom stereocenters. The number of carboxylic acid groups (broad SMARTS) is 1. The van der Waals surface area contributed by atoms with Gasteiger partial charge in [-0.3, -0.25) is 0 Å². The lowest BCUT2D eigenvalue weighted by Crippen LogP contribution is -1.99. The smallest absolute Gasteiger partial charge is 0.338 e. The fraction of sp³-hybridized carbons (Fsp3) is 0.111. The van der Waals surface area contributed by atoms with Crippen molar-refractivity contribution in [2.75, 3.05) is 0 Å². The maximum Gasteiger partial charge on any atom is 0.338 e. The number of imidazole rings is 1. The average molecular weight is 194 g/mol. The first kappa shape index (κ1) is 8.68. The van der Waals surface area contributed by atoms with Crippen LogP contribution in [-0.4, -0.2) is 21.0 Å². The van der Waals surface area contributed by atoms with Crippen LogP contribution in [0.25, 0.3) is 11.0 Å². The van der Waals surface area contributed by atoms with Gasteiger partial charge in [0.25, 0.3) is 0 Å². The second kappa shape index (κ2) is 2.80. The molecule has 0 amide bonds. The van der Waals surface area contributed by atoms with E-state index in [1.807, 2.05) is 0 Å². The van der Waals surface area contributed by atoms with Crippen LogP contribution in [0.2, 0.25) is 0 Å². The number of hydrogen-bond acceptors (Lipinski definition) is 2. The molecular weight excluding hydrogens is 187 g/mol. The third kappa shape index (κ3) is 1.22. The Morgan fingerprint density at radius 1 is 1.57 bits per heavy atom. The minimum Gasteiger partial charge on any atom is -0.478 e. The summed E-state index contributed by atoms with van der Waals surface area (Å²) in [7, 11) is 0. The van der Waals surface area contributed by atoms with E-state index in [0.717, 1.165) is 6.07 Å². The summed E-state index contributed by atoms with van der Waals surface area (Å²) in [4.78, 5) is 17.4. The first-order valence-corrected chi connectivity index (χ1v) is 3.97. The fourth-order valence-corrected chi connectivity index (χ4v) is 1.32. The number of benzene rings is 1. The summed E-state index contributed by atoms with van der Waals surface area (Å²) in [5.41, 5.74) is 0.607. The molecule has 4 nitrogen and oxygen atoms in total. The van der Waals surface area contributed by atoms with Crippen LogP contribution in [0, 0.1) is 12.7 Å². The Kier molecular flexibility index (Phi) is 1.73. The van der Waals surface area contributed by atoms with Gasteiger partial charge in [-0.2, -0.15) is 0 Å². The first-order valence-electron chi connectivity index (χ1n) is 3.97.